The van der Waals surface area contributed by atoms with Gasteiger partial charge in [-0.2, -0.15) is 0 Å². The highest BCUT2D eigenvalue weighted by molar-refractivity contribution is 5.31. The molecule has 1 aromatic carbocycles. The summed E-state index contributed by atoms with van der Waals surface area (Å²) in [5.41, 5.74) is 7.68. The molecule has 1 aliphatic carbocycles. The molecule has 0 aromatic heterocycles. The van der Waals surface area contributed by atoms with Crippen molar-refractivity contribution in [3.63, 3.8) is 0 Å². The molecule has 0 radical (unpaired) electrons. The number of hydrogen-bond donors (Lipinski definition) is 1. The molecule has 3 heteroatoms. The Morgan fingerprint density at radius 2 is 1.95 bits per heavy atom. The van der Waals surface area contributed by atoms with Gasteiger partial charge in [-0.1, -0.05) is 19.1 Å². The standard InChI is InChI=1S/C17H25NO2/c1-10-11(2)19-12(3)16(10)17(18)13-5-4-6-15(9-13)20-14-7-8-14/h4-6,9-12,14,16-17H,7-8,18H2,1-3H3. The first-order chi connectivity index (χ1) is 9.56. The Balaban J connectivity index is 1.77. The van der Waals surface area contributed by atoms with Gasteiger partial charge in [-0.3, -0.25) is 0 Å². The molecule has 1 saturated heterocycles. The molecule has 2 fully saturated rings. The van der Waals surface area contributed by atoms with Crippen molar-refractivity contribution in [2.24, 2.45) is 17.6 Å². The molecule has 3 rings (SSSR count). The quantitative estimate of drug-likeness (QED) is 0.917. The lowest BCUT2D eigenvalue weighted by molar-refractivity contribution is 0.0489. The van der Waals surface area contributed by atoms with Gasteiger partial charge in [-0.15, -0.1) is 0 Å². The van der Waals surface area contributed by atoms with Crippen molar-refractivity contribution in [1.82, 2.24) is 0 Å². The first-order valence-corrected chi connectivity index (χ1v) is 7.74. The third-order valence-electron chi connectivity index (χ3n) is 4.80. The minimum atomic E-state index is 0.00713. The van der Waals surface area contributed by atoms with Gasteiger partial charge in [0.1, 0.15) is 5.75 Å². The summed E-state index contributed by atoms with van der Waals surface area (Å²) in [7, 11) is 0. The van der Waals surface area contributed by atoms with Gasteiger partial charge < -0.3 is 15.2 Å². The van der Waals surface area contributed by atoms with Crippen LogP contribution in [0.2, 0.25) is 0 Å². The Hall–Kier alpha value is -1.06. The molecular formula is C17H25NO2. The Labute approximate surface area is 121 Å². The van der Waals surface area contributed by atoms with Crippen LogP contribution in [0.5, 0.6) is 5.75 Å². The van der Waals surface area contributed by atoms with E-state index >= 15 is 0 Å². The van der Waals surface area contributed by atoms with Gasteiger partial charge in [0, 0.05) is 12.0 Å². The molecule has 1 saturated carbocycles. The highest BCUT2D eigenvalue weighted by Crippen LogP contribution is 2.40. The van der Waals surface area contributed by atoms with Crippen molar-refractivity contribution in [1.29, 1.82) is 0 Å². The Morgan fingerprint density at radius 1 is 1.20 bits per heavy atom. The van der Waals surface area contributed by atoms with Gasteiger partial charge in [-0.25, -0.2) is 0 Å². The molecule has 1 heterocycles. The highest BCUT2D eigenvalue weighted by atomic mass is 16.5. The zero-order chi connectivity index (χ0) is 14.3. The molecule has 5 atom stereocenters. The summed E-state index contributed by atoms with van der Waals surface area (Å²) in [5, 5.41) is 0. The number of benzene rings is 1. The van der Waals surface area contributed by atoms with E-state index in [1.165, 1.54) is 12.8 Å². The van der Waals surface area contributed by atoms with Crippen molar-refractivity contribution >= 4 is 0 Å². The summed E-state index contributed by atoms with van der Waals surface area (Å²) in [5.74, 6) is 1.79. The molecular weight excluding hydrogens is 250 g/mol. The SMILES string of the molecule is CC1OC(C)C(C(N)c2cccc(OC3CC3)c2)C1C. The fourth-order valence-corrected chi connectivity index (χ4v) is 3.31. The van der Waals surface area contributed by atoms with Crippen LogP contribution in [0.25, 0.3) is 0 Å². The second-order valence-corrected chi connectivity index (χ2v) is 6.40. The largest absolute Gasteiger partial charge is 0.490 e. The van der Waals surface area contributed by atoms with E-state index in [9.17, 15) is 0 Å². The average Bonchev–Trinajstić information content (AvgIpc) is 3.18. The van der Waals surface area contributed by atoms with Crippen LogP contribution in [-0.4, -0.2) is 18.3 Å². The van der Waals surface area contributed by atoms with Crippen molar-refractivity contribution in [2.45, 2.75) is 58.0 Å². The Kier molecular flexibility index (Phi) is 3.74. The van der Waals surface area contributed by atoms with Gasteiger partial charge in [0.05, 0.1) is 18.3 Å². The Bertz CT molecular complexity index is 472. The van der Waals surface area contributed by atoms with Crippen molar-refractivity contribution in [3.8, 4) is 5.75 Å². The molecule has 1 aliphatic heterocycles. The predicted molar refractivity (Wildman–Crippen MR) is 79.7 cm³/mol. The molecule has 20 heavy (non-hydrogen) atoms. The van der Waals surface area contributed by atoms with E-state index in [0.29, 0.717) is 17.9 Å². The van der Waals surface area contributed by atoms with Crippen LogP contribution in [0, 0.1) is 11.8 Å². The van der Waals surface area contributed by atoms with Gasteiger partial charge >= 0.3 is 0 Å². The summed E-state index contributed by atoms with van der Waals surface area (Å²) in [4.78, 5) is 0. The topological polar surface area (TPSA) is 44.5 Å². The maximum atomic E-state index is 6.52. The summed E-state index contributed by atoms with van der Waals surface area (Å²) in [6, 6.07) is 8.28. The zero-order valence-corrected chi connectivity index (χ0v) is 12.6. The lowest BCUT2D eigenvalue weighted by atomic mass is 9.81. The number of ether oxygens (including phenoxy) is 2. The molecule has 1 aromatic rings. The predicted octanol–water partition coefficient (Wildman–Crippen LogP) is 3.29. The van der Waals surface area contributed by atoms with E-state index in [-0.39, 0.29) is 18.2 Å². The van der Waals surface area contributed by atoms with E-state index in [1.807, 2.05) is 12.1 Å². The summed E-state index contributed by atoms with van der Waals surface area (Å²) < 4.78 is 11.8. The van der Waals surface area contributed by atoms with E-state index in [2.05, 4.69) is 32.9 Å². The van der Waals surface area contributed by atoms with Gasteiger partial charge in [0.2, 0.25) is 0 Å². The van der Waals surface area contributed by atoms with Crippen LogP contribution in [-0.2, 0) is 4.74 Å². The highest BCUT2D eigenvalue weighted by Gasteiger charge is 2.40. The maximum absolute atomic E-state index is 6.52. The molecule has 3 nitrogen and oxygen atoms in total. The number of hydrogen-bond acceptors (Lipinski definition) is 3. The summed E-state index contributed by atoms with van der Waals surface area (Å²) in [6.07, 6.45) is 3.28. The van der Waals surface area contributed by atoms with E-state index in [0.717, 1.165) is 11.3 Å². The smallest absolute Gasteiger partial charge is 0.120 e. The van der Waals surface area contributed by atoms with Gasteiger partial charge in [0.25, 0.3) is 0 Å². The first kappa shape index (κ1) is 13.9. The lowest BCUT2D eigenvalue weighted by Crippen LogP contribution is -2.30. The summed E-state index contributed by atoms with van der Waals surface area (Å²) in [6.45, 7) is 6.51. The van der Waals surface area contributed by atoms with Crippen molar-refractivity contribution in [3.05, 3.63) is 29.8 Å². The monoisotopic (exact) mass is 275 g/mol. The van der Waals surface area contributed by atoms with E-state index in [4.69, 9.17) is 15.2 Å². The molecule has 5 unspecified atom stereocenters. The molecule has 2 aliphatic rings. The average molecular weight is 275 g/mol. The van der Waals surface area contributed by atoms with Crippen LogP contribution >= 0.6 is 0 Å². The zero-order valence-electron chi connectivity index (χ0n) is 12.6. The molecule has 0 spiro atoms. The van der Waals surface area contributed by atoms with Crippen LogP contribution in [0.3, 0.4) is 0 Å². The van der Waals surface area contributed by atoms with Gasteiger partial charge in [0.15, 0.2) is 0 Å². The van der Waals surface area contributed by atoms with Crippen molar-refractivity contribution in [2.75, 3.05) is 0 Å². The van der Waals surface area contributed by atoms with Crippen molar-refractivity contribution < 1.29 is 9.47 Å². The minimum absolute atomic E-state index is 0.00713. The fraction of sp³-hybridized carbons (Fsp3) is 0.647. The first-order valence-electron chi connectivity index (χ1n) is 7.74. The lowest BCUT2D eigenvalue weighted by Gasteiger charge is -2.26. The number of rotatable bonds is 4. The van der Waals surface area contributed by atoms with E-state index in [1.54, 1.807) is 0 Å². The fourth-order valence-electron chi connectivity index (χ4n) is 3.31. The second kappa shape index (κ2) is 5.38. The van der Waals surface area contributed by atoms with Crippen LogP contribution < -0.4 is 10.5 Å². The van der Waals surface area contributed by atoms with Crippen LogP contribution in [0.15, 0.2) is 24.3 Å². The molecule has 0 bridgehead atoms. The summed E-state index contributed by atoms with van der Waals surface area (Å²) >= 11 is 0. The molecule has 110 valence electrons. The second-order valence-electron chi connectivity index (χ2n) is 6.40. The Morgan fingerprint density at radius 3 is 2.55 bits per heavy atom. The third kappa shape index (κ3) is 2.70. The third-order valence-corrected chi connectivity index (χ3v) is 4.80. The maximum Gasteiger partial charge on any atom is 0.120 e. The molecule has 0 amide bonds. The van der Waals surface area contributed by atoms with Crippen LogP contribution in [0.4, 0.5) is 0 Å². The normalized spacial score (nSPS) is 35.0. The minimum Gasteiger partial charge on any atom is -0.490 e. The van der Waals surface area contributed by atoms with Crippen LogP contribution in [0.1, 0.15) is 45.2 Å². The van der Waals surface area contributed by atoms with E-state index < -0.39 is 0 Å². The molecule has 2 N–H and O–H groups in total. The van der Waals surface area contributed by atoms with Gasteiger partial charge in [-0.05, 0) is 50.3 Å². The number of nitrogens with two attached hydrogens (primary N) is 1.